The zero-order valence-corrected chi connectivity index (χ0v) is 15.7. The van der Waals surface area contributed by atoms with Gasteiger partial charge in [0.05, 0.1) is 11.0 Å². The van der Waals surface area contributed by atoms with Crippen molar-refractivity contribution in [3.8, 4) is 0 Å². The fraction of sp³-hybridized carbons (Fsp3) is 0.300. The fourth-order valence-corrected chi connectivity index (χ4v) is 4.67. The van der Waals surface area contributed by atoms with Gasteiger partial charge in [0.2, 0.25) is 0 Å². The largest absolute Gasteiger partial charge is 0.372 e. The average molecular weight is 399 g/mol. The van der Waals surface area contributed by atoms with Gasteiger partial charge < -0.3 is 5.32 Å². The summed E-state index contributed by atoms with van der Waals surface area (Å²) in [5.74, 6) is 0.598. The van der Waals surface area contributed by atoms with E-state index in [-0.39, 0.29) is 22.6 Å². The van der Waals surface area contributed by atoms with Crippen molar-refractivity contribution in [1.29, 1.82) is 0 Å². The van der Waals surface area contributed by atoms with E-state index in [1.807, 2.05) is 19.1 Å². The van der Waals surface area contributed by atoms with Crippen LogP contribution in [0.5, 0.6) is 0 Å². The maximum absolute atomic E-state index is 11.7. The number of nitro groups is 1. The predicted molar refractivity (Wildman–Crippen MR) is 103 cm³/mol. The maximum atomic E-state index is 11.7. The molecule has 0 saturated carbocycles. The number of nitro benzene ring substituents is 1. The van der Waals surface area contributed by atoms with E-state index in [1.165, 1.54) is 0 Å². The number of allylic oxidation sites excluding steroid dienone is 2. The van der Waals surface area contributed by atoms with E-state index in [0.717, 1.165) is 33.1 Å². The normalized spacial score (nSPS) is 23.7. The van der Waals surface area contributed by atoms with Crippen molar-refractivity contribution in [3.05, 3.63) is 79.3 Å². The van der Waals surface area contributed by atoms with Crippen molar-refractivity contribution in [2.75, 3.05) is 5.32 Å². The van der Waals surface area contributed by atoms with E-state index in [9.17, 15) is 10.1 Å². The zero-order chi connectivity index (χ0) is 17.7. The molecule has 2 aromatic carbocycles. The second-order valence-corrected chi connectivity index (χ2v) is 7.83. The highest BCUT2D eigenvalue weighted by Gasteiger charge is 2.41. The third-order valence-corrected chi connectivity index (χ3v) is 6.05. The number of halogens is 1. The van der Waals surface area contributed by atoms with Gasteiger partial charge in [-0.05, 0) is 60.6 Å². The number of rotatable bonds is 2. The molecule has 0 bridgehead atoms. The van der Waals surface area contributed by atoms with Gasteiger partial charge in [-0.2, -0.15) is 0 Å². The highest BCUT2D eigenvalue weighted by Crippen LogP contribution is 2.53. The molecule has 0 radical (unpaired) electrons. The van der Waals surface area contributed by atoms with Crippen LogP contribution in [0.25, 0.3) is 0 Å². The summed E-state index contributed by atoms with van der Waals surface area (Å²) in [5.41, 5.74) is 5.25. The van der Waals surface area contributed by atoms with Crippen LogP contribution in [0, 0.1) is 29.9 Å². The van der Waals surface area contributed by atoms with Gasteiger partial charge >= 0.3 is 0 Å². The number of hydrogen-bond donors (Lipinski definition) is 1. The first-order chi connectivity index (χ1) is 12.0. The van der Waals surface area contributed by atoms with Crippen LogP contribution < -0.4 is 5.32 Å². The highest BCUT2D eigenvalue weighted by molar-refractivity contribution is 9.10. The molecule has 0 saturated heterocycles. The summed E-state index contributed by atoms with van der Waals surface area (Å²) in [4.78, 5) is 11.4. The summed E-state index contributed by atoms with van der Waals surface area (Å²) in [6, 6.07) is 9.97. The third-order valence-electron chi connectivity index (χ3n) is 5.55. The molecule has 1 heterocycles. The van der Waals surface area contributed by atoms with Crippen LogP contribution >= 0.6 is 15.9 Å². The summed E-state index contributed by atoms with van der Waals surface area (Å²) in [7, 11) is 0. The Morgan fingerprint density at radius 2 is 2.08 bits per heavy atom. The summed E-state index contributed by atoms with van der Waals surface area (Å²) in [6.45, 7) is 4.03. The number of anilines is 1. The molecule has 1 aliphatic heterocycles. The molecule has 0 spiro atoms. The maximum Gasteiger partial charge on any atom is 0.292 e. The van der Waals surface area contributed by atoms with Crippen LogP contribution in [0.1, 0.15) is 40.6 Å². The van der Waals surface area contributed by atoms with E-state index in [0.29, 0.717) is 11.6 Å². The average Bonchev–Trinajstić information content (AvgIpc) is 3.06. The van der Waals surface area contributed by atoms with Crippen LogP contribution in [-0.2, 0) is 0 Å². The van der Waals surface area contributed by atoms with Crippen LogP contribution in [0.3, 0.4) is 0 Å². The molecular formula is C20H19BrN2O2. The summed E-state index contributed by atoms with van der Waals surface area (Å²) >= 11 is 3.54. The summed E-state index contributed by atoms with van der Waals surface area (Å²) < 4.78 is 1.02. The van der Waals surface area contributed by atoms with Crippen LogP contribution in [0.4, 0.5) is 11.4 Å². The minimum Gasteiger partial charge on any atom is -0.372 e. The molecule has 0 aromatic heterocycles. The lowest BCUT2D eigenvalue weighted by molar-refractivity contribution is -0.384. The van der Waals surface area contributed by atoms with Gasteiger partial charge in [-0.3, -0.25) is 10.1 Å². The Balaban J connectivity index is 1.92. The van der Waals surface area contributed by atoms with Gasteiger partial charge in [-0.1, -0.05) is 40.2 Å². The van der Waals surface area contributed by atoms with Crippen molar-refractivity contribution < 1.29 is 4.92 Å². The van der Waals surface area contributed by atoms with Crippen LogP contribution in [0.15, 0.2) is 47.0 Å². The second kappa shape index (κ2) is 5.99. The molecule has 2 aliphatic rings. The Morgan fingerprint density at radius 3 is 2.80 bits per heavy atom. The first-order valence-electron chi connectivity index (χ1n) is 8.44. The van der Waals surface area contributed by atoms with Crippen molar-refractivity contribution in [2.24, 2.45) is 5.92 Å². The molecule has 4 nitrogen and oxygen atoms in total. The molecule has 1 N–H and O–H groups in total. The molecule has 5 heteroatoms. The number of hydrogen-bond acceptors (Lipinski definition) is 3. The minimum absolute atomic E-state index is 0.0609. The Morgan fingerprint density at radius 1 is 1.28 bits per heavy atom. The van der Waals surface area contributed by atoms with Gasteiger partial charge in [-0.15, -0.1) is 0 Å². The molecule has 4 rings (SSSR count). The number of fused-ring (bicyclic) bond motifs is 3. The van der Waals surface area contributed by atoms with Crippen molar-refractivity contribution >= 4 is 27.3 Å². The van der Waals surface area contributed by atoms with Gasteiger partial charge in [0.15, 0.2) is 0 Å². The summed E-state index contributed by atoms with van der Waals surface area (Å²) in [6.07, 6.45) is 5.42. The Bertz CT molecular complexity index is 907. The molecular weight excluding hydrogens is 380 g/mol. The van der Waals surface area contributed by atoms with E-state index >= 15 is 0 Å². The van der Waals surface area contributed by atoms with E-state index in [2.05, 4.69) is 52.5 Å². The van der Waals surface area contributed by atoms with E-state index in [4.69, 9.17) is 0 Å². The molecule has 1 aliphatic carbocycles. The summed E-state index contributed by atoms with van der Waals surface area (Å²) in [5, 5.41) is 15.2. The number of nitrogens with zero attached hydrogens (tertiary/aromatic N) is 1. The molecule has 25 heavy (non-hydrogen) atoms. The van der Waals surface area contributed by atoms with Crippen LogP contribution in [0.2, 0.25) is 0 Å². The van der Waals surface area contributed by atoms with Crippen molar-refractivity contribution in [2.45, 2.75) is 32.2 Å². The monoisotopic (exact) mass is 398 g/mol. The quantitative estimate of drug-likeness (QED) is 0.395. The standard InChI is InChI=1S/C20H19BrN2O2/c1-11-9-17(23(24)25)20-18(12(11)2)15-7-4-8-16(15)19(22-20)13-5-3-6-14(21)10-13/h3-7,9-10,15-16,19,22H,8H2,1-2H3/t15-,16+,19?/m1/s1. The molecule has 3 atom stereocenters. The van der Waals surface area contributed by atoms with Crippen molar-refractivity contribution in [3.63, 3.8) is 0 Å². The topological polar surface area (TPSA) is 55.2 Å². The van der Waals surface area contributed by atoms with Crippen LogP contribution in [-0.4, -0.2) is 4.92 Å². The molecule has 1 unspecified atom stereocenters. The molecule has 0 amide bonds. The SMILES string of the molecule is Cc1cc([N+](=O)[O-])c2c(c1C)[C@@H]1C=CC[C@@H]1C(c1cccc(Br)c1)N2. The number of benzene rings is 2. The molecule has 2 aromatic rings. The Hall–Kier alpha value is -2.14. The Labute approximate surface area is 155 Å². The molecule has 128 valence electrons. The predicted octanol–water partition coefficient (Wildman–Crippen LogP) is 5.80. The lowest BCUT2D eigenvalue weighted by atomic mass is 9.74. The van der Waals surface area contributed by atoms with E-state index in [1.54, 1.807) is 6.07 Å². The fourth-order valence-electron chi connectivity index (χ4n) is 4.25. The van der Waals surface area contributed by atoms with Crippen molar-refractivity contribution in [1.82, 2.24) is 0 Å². The highest BCUT2D eigenvalue weighted by atomic mass is 79.9. The minimum atomic E-state index is -0.269. The smallest absolute Gasteiger partial charge is 0.292 e. The Kier molecular flexibility index (Phi) is 3.91. The first-order valence-corrected chi connectivity index (χ1v) is 9.24. The number of aryl methyl sites for hydroxylation is 1. The van der Waals surface area contributed by atoms with Gasteiger partial charge in [0.25, 0.3) is 5.69 Å². The van der Waals surface area contributed by atoms with Gasteiger partial charge in [0, 0.05) is 16.5 Å². The number of nitrogens with one attached hydrogen (secondary N) is 1. The zero-order valence-electron chi connectivity index (χ0n) is 14.1. The van der Waals surface area contributed by atoms with Gasteiger partial charge in [-0.25, -0.2) is 0 Å². The first kappa shape index (κ1) is 16.3. The molecule has 0 fully saturated rings. The third kappa shape index (κ3) is 2.58. The second-order valence-electron chi connectivity index (χ2n) is 6.91. The lowest BCUT2D eigenvalue weighted by Gasteiger charge is -2.38. The van der Waals surface area contributed by atoms with E-state index < -0.39 is 0 Å². The van der Waals surface area contributed by atoms with Gasteiger partial charge in [0.1, 0.15) is 5.69 Å². The lowest BCUT2D eigenvalue weighted by Crippen LogP contribution is -2.30.